The van der Waals surface area contributed by atoms with E-state index < -0.39 is 0 Å². The Morgan fingerprint density at radius 1 is 1.00 bits per heavy atom. The van der Waals surface area contributed by atoms with Gasteiger partial charge in [0.25, 0.3) is 0 Å². The summed E-state index contributed by atoms with van der Waals surface area (Å²) in [6, 6.07) is 17.2. The molecular weight excluding hydrogens is 443 g/mol. The summed E-state index contributed by atoms with van der Waals surface area (Å²) in [5.41, 5.74) is 3.11. The number of nitrogens with zero attached hydrogens (tertiary/aromatic N) is 4. The van der Waals surface area contributed by atoms with Gasteiger partial charge in [0.2, 0.25) is 5.95 Å². The van der Waals surface area contributed by atoms with Gasteiger partial charge in [-0.15, -0.1) is 0 Å². The Balaban J connectivity index is 1.48. The minimum atomic E-state index is -0.226. The molecule has 0 spiro atoms. The zero-order chi connectivity index (χ0) is 24.1. The topological polar surface area (TPSA) is 65.6 Å². The average molecular weight is 479 g/mol. The van der Waals surface area contributed by atoms with E-state index in [1.54, 1.807) is 13.3 Å². The molecule has 7 nitrogen and oxygen atoms in total. The molecule has 2 heterocycles. The first-order valence-electron chi connectivity index (χ1n) is 11.7. The van der Waals surface area contributed by atoms with Crippen molar-refractivity contribution in [3.05, 3.63) is 54.7 Å². The number of hydrogen-bond acceptors (Lipinski definition) is 7. The van der Waals surface area contributed by atoms with Crippen molar-refractivity contribution >= 4 is 42.1 Å². The van der Waals surface area contributed by atoms with E-state index in [-0.39, 0.29) is 7.92 Å². The van der Waals surface area contributed by atoms with Crippen LogP contribution < -0.4 is 25.6 Å². The highest BCUT2D eigenvalue weighted by molar-refractivity contribution is 7.64. The van der Waals surface area contributed by atoms with E-state index in [0.717, 1.165) is 36.0 Å². The first kappa shape index (κ1) is 24.2. The van der Waals surface area contributed by atoms with Gasteiger partial charge in [-0.1, -0.05) is 26.1 Å². The van der Waals surface area contributed by atoms with Crippen LogP contribution in [0.25, 0.3) is 0 Å². The van der Waals surface area contributed by atoms with Crippen LogP contribution in [0.1, 0.15) is 12.8 Å². The minimum absolute atomic E-state index is 0.226. The van der Waals surface area contributed by atoms with Crippen LogP contribution in [0.3, 0.4) is 0 Å². The van der Waals surface area contributed by atoms with Crippen molar-refractivity contribution in [3.63, 3.8) is 0 Å². The van der Waals surface area contributed by atoms with Gasteiger partial charge < -0.3 is 25.2 Å². The Morgan fingerprint density at radius 2 is 1.76 bits per heavy atom. The van der Waals surface area contributed by atoms with Crippen molar-refractivity contribution in [1.82, 2.24) is 14.9 Å². The van der Waals surface area contributed by atoms with Crippen LogP contribution >= 0.6 is 7.92 Å². The molecule has 8 heteroatoms. The Hall–Kier alpha value is -2.89. The second kappa shape index (κ2) is 11.0. The van der Waals surface area contributed by atoms with Gasteiger partial charge in [-0.05, 0) is 69.8 Å². The lowest BCUT2D eigenvalue weighted by Crippen LogP contribution is -2.41. The summed E-state index contributed by atoms with van der Waals surface area (Å²) in [6.07, 6.45) is 4.10. The van der Waals surface area contributed by atoms with Crippen molar-refractivity contribution in [2.24, 2.45) is 0 Å². The van der Waals surface area contributed by atoms with Gasteiger partial charge in [0.05, 0.1) is 12.8 Å². The van der Waals surface area contributed by atoms with E-state index in [2.05, 4.69) is 88.2 Å². The first-order valence-corrected chi connectivity index (χ1v) is 13.9. The Kier molecular flexibility index (Phi) is 7.86. The monoisotopic (exact) mass is 478 g/mol. The van der Waals surface area contributed by atoms with Gasteiger partial charge in [-0.3, -0.25) is 0 Å². The maximum atomic E-state index is 5.71. The van der Waals surface area contributed by atoms with E-state index in [0.29, 0.717) is 12.0 Å². The summed E-state index contributed by atoms with van der Waals surface area (Å²) in [6.45, 7) is 6.61. The molecule has 1 aliphatic rings. The Labute approximate surface area is 204 Å². The number of benzene rings is 2. The predicted octanol–water partition coefficient (Wildman–Crippen LogP) is 4.87. The molecule has 2 aromatic carbocycles. The molecule has 1 aliphatic heterocycles. The number of anilines is 5. The summed E-state index contributed by atoms with van der Waals surface area (Å²) in [7, 11) is 5.81. The van der Waals surface area contributed by atoms with Crippen molar-refractivity contribution in [1.29, 1.82) is 0 Å². The molecule has 0 bridgehead atoms. The summed E-state index contributed by atoms with van der Waals surface area (Å²) in [5, 5.41) is 8.10. The van der Waals surface area contributed by atoms with E-state index in [4.69, 9.17) is 4.74 Å². The van der Waals surface area contributed by atoms with Crippen LogP contribution in [-0.2, 0) is 0 Å². The molecule has 0 atom stereocenters. The van der Waals surface area contributed by atoms with Crippen molar-refractivity contribution in [2.75, 3.05) is 63.2 Å². The van der Waals surface area contributed by atoms with Gasteiger partial charge in [0.15, 0.2) is 0 Å². The third-order valence-corrected chi connectivity index (χ3v) is 7.65. The number of rotatable bonds is 8. The largest absolute Gasteiger partial charge is 0.494 e. The van der Waals surface area contributed by atoms with Crippen LogP contribution in [0.4, 0.5) is 28.8 Å². The fourth-order valence-electron chi connectivity index (χ4n) is 4.34. The summed E-state index contributed by atoms with van der Waals surface area (Å²) in [4.78, 5) is 13.9. The van der Waals surface area contributed by atoms with E-state index in [1.165, 1.54) is 23.8 Å². The highest BCUT2D eigenvalue weighted by atomic mass is 31.1. The summed E-state index contributed by atoms with van der Waals surface area (Å²) < 4.78 is 5.71. The number of para-hydroxylation sites is 1. The third-order valence-electron chi connectivity index (χ3n) is 6.30. The molecule has 3 aromatic rings. The molecule has 0 unspecified atom stereocenters. The molecule has 0 radical (unpaired) electrons. The fraction of sp³-hybridized carbons (Fsp3) is 0.385. The number of methoxy groups -OCH3 is 1. The first-order chi connectivity index (χ1) is 16.4. The quantitative estimate of drug-likeness (QED) is 0.448. The van der Waals surface area contributed by atoms with Crippen molar-refractivity contribution < 1.29 is 4.74 Å². The van der Waals surface area contributed by atoms with Crippen molar-refractivity contribution in [2.45, 2.75) is 18.9 Å². The summed E-state index contributed by atoms with van der Waals surface area (Å²) >= 11 is 0. The lowest BCUT2D eigenvalue weighted by atomic mass is 10.0. The third kappa shape index (κ3) is 5.78. The van der Waals surface area contributed by atoms with E-state index in [9.17, 15) is 0 Å². The lowest BCUT2D eigenvalue weighted by molar-refractivity contribution is 0.249. The number of aromatic nitrogens is 2. The molecular formula is C26H35N6OP. The maximum Gasteiger partial charge on any atom is 0.229 e. The van der Waals surface area contributed by atoms with Gasteiger partial charge in [-0.2, -0.15) is 4.98 Å². The van der Waals surface area contributed by atoms with Crippen LogP contribution in [0.2, 0.25) is 0 Å². The number of piperidine rings is 1. The van der Waals surface area contributed by atoms with Crippen LogP contribution in [0.5, 0.6) is 5.75 Å². The highest BCUT2D eigenvalue weighted by Crippen LogP contribution is 2.33. The van der Waals surface area contributed by atoms with Gasteiger partial charge in [0, 0.05) is 42.8 Å². The van der Waals surface area contributed by atoms with Crippen LogP contribution in [-0.4, -0.2) is 68.5 Å². The SMILES string of the molecule is COc1cc(N2CCC(N(C)C)CC2)ccc1Nc1nccc(Nc2ccccc2P(C)C)n1. The molecule has 0 saturated carbocycles. The second-order valence-corrected chi connectivity index (χ2v) is 11.3. The van der Waals surface area contributed by atoms with Gasteiger partial charge in [0.1, 0.15) is 11.6 Å². The number of ether oxygens (including phenoxy) is 1. The molecule has 0 amide bonds. The standard InChI is InChI=1S/C26H35N6OP/c1-31(2)19-13-16-32(17-14-19)20-10-11-21(23(18-20)33-3)29-26-27-15-12-25(30-26)28-22-8-6-7-9-24(22)34(4)5/h6-12,15,18-19H,13-14,16-17H2,1-5H3,(H2,27,28,29,30). The molecule has 180 valence electrons. The van der Waals surface area contributed by atoms with Crippen LogP contribution in [0, 0.1) is 0 Å². The molecule has 4 rings (SSSR count). The normalized spacial score (nSPS) is 14.5. The van der Waals surface area contributed by atoms with E-state index >= 15 is 0 Å². The molecule has 1 fully saturated rings. The molecule has 1 saturated heterocycles. The Morgan fingerprint density at radius 3 is 2.47 bits per heavy atom. The van der Waals surface area contributed by atoms with E-state index in [1.807, 2.05) is 18.2 Å². The second-order valence-electron chi connectivity index (χ2n) is 8.99. The molecule has 34 heavy (non-hydrogen) atoms. The Bertz CT molecular complexity index is 1100. The number of nitrogens with one attached hydrogen (secondary N) is 2. The molecule has 1 aromatic heterocycles. The van der Waals surface area contributed by atoms with Gasteiger partial charge >= 0.3 is 0 Å². The zero-order valence-corrected chi connectivity index (χ0v) is 21.6. The zero-order valence-electron chi connectivity index (χ0n) is 20.7. The fourth-order valence-corrected chi connectivity index (χ4v) is 5.33. The lowest BCUT2D eigenvalue weighted by Gasteiger charge is -2.36. The number of hydrogen-bond donors (Lipinski definition) is 2. The molecule has 0 aliphatic carbocycles. The minimum Gasteiger partial charge on any atom is -0.494 e. The predicted molar refractivity (Wildman–Crippen MR) is 145 cm³/mol. The maximum absolute atomic E-state index is 5.71. The van der Waals surface area contributed by atoms with Gasteiger partial charge in [-0.25, -0.2) is 4.98 Å². The highest BCUT2D eigenvalue weighted by Gasteiger charge is 2.21. The summed E-state index contributed by atoms with van der Waals surface area (Å²) in [5.74, 6) is 2.05. The van der Waals surface area contributed by atoms with Crippen molar-refractivity contribution in [3.8, 4) is 5.75 Å². The smallest absolute Gasteiger partial charge is 0.229 e. The van der Waals surface area contributed by atoms with Crippen LogP contribution in [0.15, 0.2) is 54.7 Å². The molecule has 2 N–H and O–H groups in total. The average Bonchev–Trinajstić information content (AvgIpc) is 2.85.